The highest BCUT2D eigenvalue weighted by Crippen LogP contribution is 2.25. The largest absolute Gasteiger partial charge is 0.322 e. The monoisotopic (exact) mass is 287 g/mol. The van der Waals surface area contributed by atoms with Crippen molar-refractivity contribution in [3.63, 3.8) is 0 Å². The van der Waals surface area contributed by atoms with Crippen molar-refractivity contribution in [3.8, 4) is 11.1 Å². The Hall–Kier alpha value is -2.87. The van der Waals surface area contributed by atoms with Crippen molar-refractivity contribution >= 4 is 11.6 Å². The topological polar surface area (TPSA) is 29.1 Å². The summed E-state index contributed by atoms with van der Waals surface area (Å²) in [6.07, 6.45) is 0. The molecule has 0 unspecified atom stereocenters. The lowest BCUT2D eigenvalue weighted by molar-refractivity contribution is 0.102. The van der Waals surface area contributed by atoms with E-state index in [2.05, 4.69) is 30.4 Å². The molecule has 0 saturated carbocycles. The second kappa shape index (κ2) is 6.27. The summed E-state index contributed by atoms with van der Waals surface area (Å²) in [6, 6.07) is 25.4. The van der Waals surface area contributed by atoms with Gasteiger partial charge in [-0.25, -0.2) is 0 Å². The van der Waals surface area contributed by atoms with Crippen molar-refractivity contribution in [1.82, 2.24) is 0 Å². The van der Waals surface area contributed by atoms with Gasteiger partial charge in [0.05, 0.1) is 0 Å². The number of benzene rings is 3. The van der Waals surface area contributed by atoms with Crippen molar-refractivity contribution in [2.24, 2.45) is 0 Å². The van der Waals surface area contributed by atoms with E-state index in [1.807, 2.05) is 48.5 Å². The first-order valence-electron chi connectivity index (χ1n) is 7.26. The quantitative estimate of drug-likeness (QED) is 0.728. The molecule has 0 aliphatic rings. The predicted octanol–water partition coefficient (Wildman–Crippen LogP) is 4.91. The van der Waals surface area contributed by atoms with Crippen LogP contribution in [0.2, 0.25) is 0 Å². The molecule has 0 spiro atoms. The van der Waals surface area contributed by atoms with Crippen LogP contribution in [-0.4, -0.2) is 5.91 Å². The van der Waals surface area contributed by atoms with Gasteiger partial charge in [0, 0.05) is 11.3 Å². The van der Waals surface area contributed by atoms with Crippen LogP contribution in [0.15, 0.2) is 78.9 Å². The fourth-order valence-electron chi connectivity index (χ4n) is 2.45. The lowest BCUT2D eigenvalue weighted by Gasteiger charge is -2.09. The second-order valence-corrected chi connectivity index (χ2v) is 5.22. The van der Waals surface area contributed by atoms with E-state index in [9.17, 15) is 4.79 Å². The first kappa shape index (κ1) is 14.1. The van der Waals surface area contributed by atoms with Crippen LogP contribution in [0.3, 0.4) is 0 Å². The molecule has 2 heteroatoms. The van der Waals surface area contributed by atoms with Crippen LogP contribution < -0.4 is 5.32 Å². The van der Waals surface area contributed by atoms with Gasteiger partial charge in [0.1, 0.15) is 0 Å². The first-order chi connectivity index (χ1) is 10.7. The maximum atomic E-state index is 12.2. The molecule has 3 aromatic carbocycles. The van der Waals surface area contributed by atoms with Crippen LogP contribution in [0.4, 0.5) is 5.69 Å². The fraction of sp³-hybridized carbons (Fsp3) is 0.0500. The first-order valence-corrected chi connectivity index (χ1v) is 7.26. The Kier molecular flexibility index (Phi) is 4.01. The molecule has 0 saturated heterocycles. The molecule has 1 N–H and O–H groups in total. The van der Waals surface area contributed by atoms with Crippen molar-refractivity contribution in [3.05, 3.63) is 90.0 Å². The molecule has 0 fully saturated rings. The fourth-order valence-corrected chi connectivity index (χ4v) is 2.45. The molecule has 0 bridgehead atoms. The van der Waals surface area contributed by atoms with Crippen molar-refractivity contribution in [2.45, 2.75) is 6.92 Å². The zero-order valence-electron chi connectivity index (χ0n) is 12.4. The van der Waals surface area contributed by atoms with Gasteiger partial charge in [0.15, 0.2) is 0 Å². The average molecular weight is 287 g/mol. The van der Waals surface area contributed by atoms with Gasteiger partial charge in [-0.15, -0.1) is 0 Å². The van der Waals surface area contributed by atoms with Gasteiger partial charge in [-0.3, -0.25) is 4.79 Å². The summed E-state index contributed by atoms with van der Waals surface area (Å²) in [7, 11) is 0. The SMILES string of the molecule is Cc1ccccc1-c1cccc(NC(=O)c2ccccc2)c1. The number of aryl methyl sites for hydroxylation is 1. The number of carbonyl (C=O) groups is 1. The van der Waals surface area contributed by atoms with Gasteiger partial charge in [-0.05, 0) is 47.9 Å². The summed E-state index contributed by atoms with van der Waals surface area (Å²) in [5.74, 6) is -0.0949. The zero-order chi connectivity index (χ0) is 15.4. The molecule has 2 nitrogen and oxygen atoms in total. The molecular weight excluding hydrogens is 270 g/mol. The van der Waals surface area contributed by atoms with E-state index < -0.39 is 0 Å². The standard InChI is InChI=1S/C20H17NO/c1-15-8-5-6-13-19(15)17-11-7-12-18(14-17)21-20(22)16-9-3-2-4-10-16/h2-14H,1H3,(H,21,22). The van der Waals surface area contributed by atoms with Crippen molar-refractivity contribution in [2.75, 3.05) is 5.32 Å². The number of hydrogen-bond acceptors (Lipinski definition) is 1. The van der Waals surface area contributed by atoms with Crippen LogP contribution >= 0.6 is 0 Å². The minimum atomic E-state index is -0.0949. The maximum Gasteiger partial charge on any atom is 0.255 e. The van der Waals surface area contributed by atoms with Crippen LogP contribution in [0, 0.1) is 6.92 Å². The smallest absolute Gasteiger partial charge is 0.255 e. The highest BCUT2D eigenvalue weighted by atomic mass is 16.1. The zero-order valence-corrected chi connectivity index (χ0v) is 12.4. The molecule has 22 heavy (non-hydrogen) atoms. The number of nitrogens with one attached hydrogen (secondary N) is 1. The molecule has 3 aromatic rings. The Morgan fingerprint density at radius 2 is 1.55 bits per heavy atom. The van der Waals surface area contributed by atoms with Gasteiger partial charge < -0.3 is 5.32 Å². The van der Waals surface area contributed by atoms with E-state index in [0.29, 0.717) is 5.56 Å². The summed E-state index contributed by atoms with van der Waals surface area (Å²) in [5, 5.41) is 2.95. The highest BCUT2D eigenvalue weighted by Gasteiger charge is 2.06. The normalized spacial score (nSPS) is 10.2. The predicted molar refractivity (Wildman–Crippen MR) is 91.0 cm³/mol. The summed E-state index contributed by atoms with van der Waals surface area (Å²) in [6.45, 7) is 2.09. The molecule has 0 radical (unpaired) electrons. The molecule has 1 amide bonds. The number of hydrogen-bond donors (Lipinski definition) is 1. The molecule has 0 aliphatic carbocycles. The van der Waals surface area contributed by atoms with Gasteiger partial charge in [0.2, 0.25) is 0 Å². The summed E-state index contributed by atoms with van der Waals surface area (Å²) < 4.78 is 0. The van der Waals surface area contributed by atoms with E-state index >= 15 is 0 Å². The van der Waals surface area contributed by atoms with Gasteiger partial charge >= 0.3 is 0 Å². The van der Waals surface area contributed by atoms with E-state index in [4.69, 9.17) is 0 Å². The van der Waals surface area contributed by atoms with Crippen molar-refractivity contribution in [1.29, 1.82) is 0 Å². The Bertz CT molecular complexity index is 794. The van der Waals surface area contributed by atoms with Crippen LogP contribution in [0.25, 0.3) is 11.1 Å². The molecule has 0 aliphatic heterocycles. The van der Waals surface area contributed by atoms with Crippen LogP contribution in [-0.2, 0) is 0 Å². The van der Waals surface area contributed by atoms with E-state index in [1.54, 1.807) is 12.1 Å². The van der Waals surface area contributed by atoms with Crippen LogP contribution in [0.5, 0.6) is 0 Å². The number of rotatable bonds is 3. The Morgan fingerprint density at radius 1 is 0.818 bits per heavy atom. The molecule has 0 heterocycles. The third-order valence-corrected chi connectivity index (χ3v) is 3.61. The third-order valence-electron chi connectivity index (χ3n) is 3.61. The Morgan fingerprint density at radius 3 is 2.32 bits per heavy atom. The van der Waals surface area contributed by atoms with E-state index in [-0.39, 0.29) is 5.91 Å². The molecular formula is C20H17NO. The van der Waals surface area contributed by atoms with Gasteiger partial charge in [-0.1, -0.05) is 54.6 Å². The molecule has 0 atom stereocenters. The Labute approximate surface area is 130 Å². The number of anilines is 1. The Balaban J connectivity index is 1.86. The number of amides is 1. The number of carbonyl (C=O) groups excluding carboxylic acids is 1. The average Bonchev–Trinajstić information content (AvgIpc) is 2.56. The molecule has 108 valence electrons. The summed E-state index contributed by atoms with van der Waals surface area (Å²) in [5.41, 5.74) is 4.95. The van der Waals surface area contributed by atoms with E-state index in [0.717, 1.165) is 11.3 Å². The van der Waals surface area contributed by atoms with Gasteiger partial charge in [0.25, 0.3) is 5.91 Å². The molecule has 0 aromatic heterocycles. The van der Waals surface area contributed by atoms with Crippen molar-refractivity contribution < 1.29 is 4.79 Å². The van der Waals surface area contributed by atoms with E-state index in [1.165, 1.54) is 11.1 Å². The third kappa shape index (κ3) is 3.07. The summed E-state index contributed by atoms with van der Waals surface area (Å²) >= 11 is 0. The molecule has 3 rings (SSSR count). The minimum Gasteiger partial charge on any atom is -0.322 e. The van der Waals surface area contributed by atoms with Crippen LogP contribution in [0.1, 0.15) is 15.9 Å². The second-order valence-electron chi connectivity index (χ2n) is 5.22. The van der Waals surface area contributed by atoms with Gasteiger partial charge in [-0.2, -0.15) is 0 Å². The lowest BCUT2D eigenvalue weighted by Crippen LogP contribution is -2.11. The maximum absolute atomic E-state index is 12.2. The minimum absolute atomic E-state index is 0.0949. The summed E-state index contributed by atoms with van der Waals surface area (Å²) in [4.78, 5) is 12.2. The lowest BCUT2D eigenvalue weighted by atomic mass is 10.0. The highest BCUT2D eigenvalue weighted by molar-refractivity contribution is 6.04.